The lowest BCUT2D eigenvalue weighted by molar-refractivity contribution is -0.384. The molecular weight excluding hydrogens is 194 g/mol. The summed E-state index contributed by atoms with van der Waals surface area (Å²) in [5.74, 6) is 1.17. The summed E-state index contributed by atoms with van der Waals surface area (Å²) in [6.07, 6.45) is 2.46. The normalized spacial score (nSPS) is 10.3. The predicted octanol–water partition coefficient (Wildman–Crippen LogP) is 2.45. The van der Waals surface area contributed by atoms with Crippen molar-refractivity contribution in [2.75, 3.05) is 11.9 Å². The summed E-state index contributed by atoms with van der Waals surface area (Å²) in [5, 5.41) is 13.5. The number of rotatable bonds is 5. The average Bonchev–Trinajstić information content (AvgIpc) is 2.17. The second-order valence-electron chi connectivity index (χ2n) is 3.77. The van der Waals surface area contributed by atoms with Crippen molar-refractivity contribution in [2.45, 2.75) is 20.3 Å². The average molecular weight is 209 g/mol. The van der Waals surface area contributed by atoms with Crippen LogP contribution < -0.4 is 5.32 Å². The monoisotopic (exact) mass is 209 g/mol. The number of nitrogens with zero attached hydrogens (tertiary/aromatic N) is 2. The van der Waals surface area contributed by atoms with Crippen LogP contribution in [-0.4, -0.2) is 16.5 Å². The molecule has 0 aromatic carbocycles. The minimum atomic E-state index is -0.421. The van der Waals surface area contributed by atoms with Crippen molar-refractivity contribution in [1.82, 2.24) is 4.98 Å². The zero-order valence-electron chi connectivity index (χ0n) is 8.93. The molecule has 0 atom stereocenters. The van der Waals surface area contributed by atoms with Crippen molar-refractivity contribution in [1.29, 1.82) is 0 Å². The topological polar surface area (TPSA) is 68.1 Å². The van der Waals surface area contributed by atoms with Crippen LogP contribution in [0.1, 0.15) is 20.3 Å². The molecule has 5 heteroatoms. The Balaban J connectivity index is 2.54. The van der Waals surface area contributed by atoms with Gasteiger partial charge in [-0.25, -0.2) is 4.98 Å². The molecule has 1 rings (SSSR count). The molecule has 0 radical (unpaired) electrons. The van der Waals surface area contributed by atoms with Crippen molar-refractivity contribution in [3.63, 3.8) is 0 Å². The first kappa shape index (κ1) is 11.4. The van der Waals surface area contributed by atoms with E-state index in [0.717, 1.165) is 13.0 Å². The van der Waals surface area contributed by atoms with Crippen LogP contribution in [0.5, 0.6) is 0 Å². The van der Waals surface area contributed by atoms with Crippen LogP contribution in [0.2, 0.25) is 0 Å². The third-order valence-electron chi connectivity index (χ3n) is 1.98. The quantitative estimate of drug-likeness (QED) is 0.597. The number of hydrogen-bond donors (Lipinski definition) is 1. The maximum absolute atomic E-state index is 10.5. The fourth-order valence-electron chi connectivity index (χ4n) is 1.12. The number of aromatic nitrogens is 1. The Morgan fingerprint density at radius 3 is 2.93 bits per heavy atom. The maximum atomic E-state index is 10.5. The van der Waals surface area contributed by atoms with Gasteiger partial charge in [-0.05, 0) is 12.3 Å². The minimum absolute atomic E-state index is 0.0667. The number of pyridine rings is 1. The van der Waals surface area contributed by atoms with Gasteiger partial charge in [0.05, 0.1) is 11.0 Å². The summed E-state index contributed by atoms with van der Waals surface area (Å²) in [6.45, 7) is 5.04. The van der Waals surface area contributed by atoms with Gasteiger partial charge in [0.15, 0.2) is 0 Å². The molecule has 1 aromatic heterocycles. The van der Waals surface area contributed by atoms with E-state index in [1.54, 1.807) is 0 Å². The molecule has 1 heterocycles. The van der Waals surface area contributed by atoms with E-state index in [-0.39, 0.29) is 5.69 Å². The molecule has 0 spiro atoms. The van der Waals surface area contributed by atoms with Crippen molar-refractivity contribution < 1.29 is 4.92 Å². The Morgan fingerprint density at radius 1 is 1.60 bits per heavy atom. The van der Waals surface area contributed by atoms with Crippen LogP contribution in [0.3, 0.4) is 0 Å². The van der Waals surface area contributed by atoms with Gasteiger partial charge in [-0.2, -0.15) is 0 Å². The first-order valence-electron chi connectivity index (χ1n) is 4.94. The van der Waals surface area contributed by atoms with Crippen LogP contribution >= 0.6 is 0 Å². The Bertz CT molecular complexity index is 339. The molecular formula is C10H15N3O2. The van der Waals surface area contributed by atoms with Crippen molar-refractivity contribution in [3.05, 3.63) is 28.4 Å². The second kappa shape index (κ2) is 5.29. The van der Waals surface area contributed by atoms with Gasteiger partial charge < -0.3 is 5.32 Å². The molecule has 0 amide bonds. The molecule has 15 heavy (non-hydrogen) atoms. The van der Waals surface area contributed by atoms with E-state index in [2.05, 4.69) is 24.1 Å². The van der Waals surface area contributed by atoms with Gasteiger partial charge in [-0.3, -0.25) is 10.1 Å². The zero-order chi connectivity index (χ0) is 11.3. The summed E-state index contributed by atoms with van der Waals surface area (Å²) in [5.41, 5.74) is 0.0667. The highest BCUT2D eigenvalue weighted by molar-refractivity contribution is 5.43. The lowest BCUT2D eigenvalue weighted by atomic mass is 10.1. The largest absolute Gasteiger partial charge is 0.370 e. The highest BCUT2D eigenvalue weighted by atomic mass is 16.6. The fraction of sp³-hybridized carbons (Fsp3) is 0.500. The smallest absolute Gasteiger partial charge is 0.274 e. The Hall–Kier alpha value is -1.65. The van der Waals surface area contributed by atoms with E-state index in [1.165, 1.54) is 18.3 Å². The molecule has 0 bridgehead atoms. The molecule has 0 saturated carbocycles. The van der Waals surface area contributed by atoms with Gasteiger partial charge in [-0.15, -0.1) is 0 Å². The van der Waals surface area contributed by atoms with Gasteiger partial charge >= 0.3 is 0 Å². The Labute approximate surface area is 88.7 Å². The molecule has 0 aliphatic heterocycles. The molecule has 0 fully saturated rings. The maximum Gasteiger partial charge on any atom is 0.274 e. The van der Waals surface area contributed by atoms with Gasteiger partial charge in [0.25, 0.3) is 5.69 Å². The number of nitro groups is 1. The number of nitrogens with one attached hydrogen (secondary N) is 1. The third-order valence-corrected chi connectivity index (χ3v) is 1.98. The van der Waals surface area contributed by atoms with E-state index in [0.29, 0.717) is 11.7 Å². The van der Waals surface area contributed by atoms with Gasteiger partial charge in [0.2, 0.25) is 0 Å². The van der Waals surface area contributed by atoms with Gasteiger partial charge in [0.1, 0.15) is 5.82 Å². The molecule has 1 aromatic rings. The van der Waals surface area contributed by atoms with E-state index in [9.17, 15) is 10.1 Å². The van der Waals surface area contributed by atoms with Crippen LogP contribution in [0.25, 0.3) is 0 Å². The van der Waals surface area contributed by atoms with Crippen LogP contribution in [0.15, 0.2) is 18.3 Å². The summed E-state index contributed by atoms with van der Waals surface area (Å²) in [6, 6.07) is 2.83. The summed E-state index contributed by atoms with van der Waals surface area (Å²) in [7, 11) is 0. The van der Waals surface area contributed by atoms with Crippen molar-refractivity contribution in [2.24, 2.45) is 5.92 Å². The molecule has 0 unspecified atom stereocenters. The standard InChI is InChI=1S/C10H15N3O2/c1-8(2)3-5-11-10-7-9(13(14)15)4-6-12-10/h4,6-8H,3,5H2,1-2H3,(H,11,12). The van der Waals surface area contributed by atoms with Crippen LogP contribution in [-0.2, 0) is 0 Å². The molecule has 5 nitrogen and oxygen atoms in total. The SMILES string of the molecule is CC(C)CCNc1cc([N+](=O)[O-])ccn1. The lowest BCUT2D eigenvalue weighted by Gasteiger charge is -2.06. The summed E-state index contributed by atoms with van der Waals surface area (Å²) < 4.78 is 0. The first-order chi connectivity index (χ1) is 7.09. The summed E-state index contributed by atoms with van der Waals surface area (Å²) >= 11 is 0. The second-order valence-corrected chi connectivity index (χ2v) is 3.77. The zero-order valence-corrected chi connectivity index (χ0v) is 8.93. The molecule has 0 aliphatic rings. The molecule has 0 aliphatic carbocycles. The molecule has 0 saturated heterocycles. The van der Waals surface area contributed by atoms with Crippen molar-refractivity contribution >= 4 is 11.5 Å². The third kappa shape index (κ3) is 3.93. The number of anilines is 1. The lowest BCUT2D eigenvalue weighted by Crippen LogP contribution is -2.06. The van der Waals surface area contributed by atoms with Gasteiger partial charge in [-0.1, -0.05) is 13.8 Å². The first-order valence-corrected chi connectivity index (χ1v) is 4.94. The van der Waals surface area contributed by atoms with E-state index >= 15 is 0 Å². The highest BCUT2D eigenvalue weighted by Gasteiger charge is 2.05. The fourth-order valence-corrected chi connectivity index (χ4v) is 1.12. The van der Waals surface area contributed by atoms with Crippen LogP contribution in [0.4, 0.5) is 11.5 Å². The van der Waals surface area contributed by atoms with Gasteiger partial charge in [0, 0.05) is 18.8 Å². The predicted molar refractivity (Wildman–Crippen MR) is 58.8 cm³/mol. The van der Waals surface area contributed by atoms with E-state index in [4.69, 9.17) is 0 Å². The van der Waals surface area contributed by atoms with E-state index < -0.39 is 4.92 Å². The molecule has 1 N–H and O–H groups in total. The Morgan fingerprint density at radius 2 is 2.33 bits per heavy atom. The highest BCUT2D eigenvalue weighted by Crippen LogP contribution is 2.14. The van der Waals surface area contributed by atoms with E-state index in [1.807, 2.05) is 0 Å². The summed E-state index contributed by atoms with van der Waals surface area (Å²) in [4.78, 5) is 14.1. The number of hydrogen-bond acceptors (Lipinski definition) is 4. The van der Waals surface area contributed by atoms with Crippen molar-refractivity contribution in [3.8, 4) is 0 Å². The molecule has 82 valence electrons. The minimum Gasteiger partial charge on any atom is -0.370 e. The Kier molecular flexibility index (Phi) is 4.03. The van der Waals surface area contributed by atoms with Crippen LogP contribution in [0, 0.1) is 16.0 Å².